The molecule has 0 saturated heterocycles. The third-order valence-corrected chi connectivity index (χ3v) is 3.48. The minimum atomic E-state index is 0.0838. The summed E-state index contributed by atoms with van der Waals surface area (Å²) in [5, 5.41) is 11.3. The van der Waals surface area contributed by atoms with Gasteiger partial charge in [-0.1, -0.05) is 19.1 Å². The first kappa shape index (κ1) is 9.49. The van der Waals surface area contributed by atoms with Crippen LogP contribution in [0.4, 0.5) is 5.00 Å². The molecule has 2 nitrogen and oxygen atoms in total. The Kier molecular flexibility index (Phi) is 2.44. The summed E-state index contributed by atoms with van der Waals surface area (Å²) < 4.78 is 1.17. The van der Waals surface area contributed by atoms with Crippen molar-refractivity contribution in [3.05, 3.63) is 29.3 Å². The molecule has 0 aliphatic heterocycles. The van der Waals surface area contributed by atoms with Crippen molar-refractivity contribution < 1.29 is 5.11 Å². The summed E-state index contributed by atoms with van der Waals surface area (Å²) in [6.07, 6.45) is 0.919. The summed E-state index contributed by atoms with van der Waals surface area (Å²) in [7, 11) is 0. The molecular weight excluding hydrogens is 194 g/mol. The van der Waals surface area contributed by atoms with Gasteiger partial charge in [0.2, 0.25) is 0 Å². The largest absolute Gasteiger partial charge is 0.392 e. The zero-order chi connectivity index (χ0) is 10.1. The Morgan fingerprint density at radius 1 is 1.43 bits per heavy atom. The second kappa shape index (κ2) is 3.59. The highest BCUT2D eigenvalue weighted by atomic mass is 32.1. The maximum atomic E-state index is 9.23. The average Bonchev–Trinajstić information content (AvgIpc) is 2.52. The number of fused-ring (bicyclic) bond motifs is 1. The summed E-state index contributed by atoms with van der Waals surface area (Å²) in [6.45, 7) is 2.17. The average molecular weight is 207 g/mol. The van der Waals surface area contributed by atoms with Crippen molar-refractivity contribution in [2.75, 3.05) is 5.73 Å². The Bertz CT molecular complexity index is 462. The predicted octanol–water partition coefficient (Wildman–Crippen LogP) is 2.54. The normalized spacial score (nSPS) is 11.0. The number of thiophene rings is 1. The van der Waals surface area contributed by atoms with Crippen LogP contribution < -0.4 is 5.73 Å². The summed E-state index contributed by atoms with van der Waals surface area (Å²) in [5.74, 6) is 0. The van der Waals surface area contributed by atoms with Gasteiger partial charge in [0.1, 0.15) is 0 Å². The van der Waals surface area contributed by atoms with Crippen molar-refractivity contribution in [2.45, 2.75) is 20.0 Å². The van der Waals surface area contributed by atoms with Crippen molar-refractivity contribution in [1.82, 2.24) is 0 Å². The van der Waals surface area contributed by atoms with Crippen LogP contribution in [0.1, 0.15) is 18.1 Å². The molecular formula is C11H13NOS. The Balaban J connectivity index is 2.82. The van der Waals surface area contributed by atoms with E-state index in [9.17, 15) is 5.11 Å². The van der Waals surface area contributed by atoms with E-state index in [0.29, 0.717) is 0 Å². The number of hydrogen-bond donors (Lipinski definition) is 2. The van der Waals surface area contributed by atoms with Gasteiger partial charge in [-0.15, -0.1) is 11.3 Å². The fourth-order valence-corrected chi connectivity index (χ4v) is 2.90. The zero-order valence-corrected chi connectivity index (χ0v) is 8.90. The van der Waals surface area contributed by atoms with E-state index in [2.05, 4.69) is 13.0 Å². The smallest absolute Gasteiger partial charge is 0.0901 e. The van der Waals surface area contributed by atoms with Gasteiger partial charge in [0.25, 0.3) is 0 Å². The molecule has 0 atom stereocenters. The van der Waals surface area contributed by atoms with Gasteiger partial charge < -0.3 is 10.8 Å². The second-order valence-electron chi connectivity index (χ2n) is 3.25. The van der Waals surface area contributed by atoms with Gasteiger partial charge in [0, 0.05) is 10.1 Å². The van der Waals surface area contributed by atoms with Crippen molar-refractivity contribution in [3.8, 4) is 0 Å². The molecule has 14 heavy (non-hydrogen) atoms. The molecule has 0 spiro atoms. The summed E-state index contributed by atoms with van der Waals surface area (Å²) in [4.78, 5) is 0. The highest BCUT2D eigenvalue weighted by Crippen LogP contribution is 2.35. The number of aliphatic hydroxyl groups excluding tert-OH is 1. The lowest BCUT2D eigenvalue weighted by atomic mass is 10.1. The lowest BCUT2D eigenvalue weighted by molar-refractivity contribution is 0.283. The molecule has 1 aromatic carbocycles. The van der Waals surface area contributed by atoms with Crippen molar-refractivity contribution >= 4 is 26.4 Å². The van der Waals surface area contributed by atoms with E-state index < -0.39 is 0 Å². The van der Waals surface area contributed by atoms with Crippen LogP contribution in [-0.4, -0.2) is 5.11 Å². The molecule has 0 fully saturated rings. The number of nitrogen functional groups attached to an aromatic ring is 1. The number of aliphatic hydroxyl groups is 1. The Morgan fingerprint density at radius 3 is 2.86 bits per heavy atom. The van der Waals surface area contributed by atoms with Crippen LogP contribution >= 0.6 is 11.3 Å². The molecule has 0 bridgehead atoms. The van der Waals surface area contributed by atoms with E-state index in [-0.39, 0.29) is 6.61 Å². The number of hydrogen-bond acceptors (Lipinski definition) is 3. The number of anilines is 1. The van der Waals surface area contributed by atoms with Crippen LogP contribution in [0.3, 0.4) is 0 Å². The van der Waals surface area contributed by atoms with Crippen LogP contribution in [0, 0.1) is 0 Å². The SMILES string of the molecule is CCc1c(N)sc2cccc(CO)c12. The van der Waals surface area contributed by atoms with Crippen LogP contribution in [-0.2, 0) is 13.0 Å². The molecule has 3 heteroatoms. The highest BCUT2D eigenvalue weighted by Gasteiger charge is 2.10. The molecule has 2 aromatic rings. The van der Waals surface area contributed by atoms with Crippen molar-refractivity contribution in [2.24, 2.45) is 0 Å². The number of rotatable bonds is 2. The van der Waals surface area contributed by atoms with Gasteiger partial charge >= 0.3 is 0 Å². The van der Waals surface area contributed by atoms with Gasteiger partial charge in [-0.25, -0.2) is 0 Å². The van der Waals surface area contributed by atoms with Crippen molar-refractivity contribution in [3.63, 3.8) is 0 Å². The lowest BCUT2D eigenvalue weighted by Gasteiger charge is -2.01. The third kappa shape index (κ3) is 1.29. The van der Waals surface area contributed by atoms with Crippen LogP contribution in [0.25, 0.3) is 10.1 Å². The molecule has 0 amide bonds. The van der Waals surface area contributed by atoms with E-state index >= 15 is 0 Å². The maximum Gasteiger partial charge on any atom is 0.0901 e. The molecule has 0 unspecified atom stereocenters. The molecule has 0 aliphatic rings. The summed E-state index contributed by atoms with van der Waals surface area (Å²) >= 11 is 1.60. The van der Waals surface area contributed by atoms with Gasteiger partial charge in [0.15, 0.2) is 0 Å². The number of benzene rings is 1. The molecule has 1 heterocycles. The summed E-state index contributed by atoms with van der Waals surface area (Å²) in [6, 6.07) is 5.96. The summed E-state index contributed by atoms with van der Waals surface area (Å²) in [5.41, 5.74) is 8.08. The first-order valence-electron chi connectivity index (χ1n) is 4.67. The second-order valence-corrected chi connectivity index (χ2v) is 4.33. The monoisotopic (exact) mass is 207 g/mol. The molecule has 1 aromatic heterocycles. The standard InChI is InChI=1S/C11H13NOS/c1-2-8-10-7(6-13)4-3-5-9(10)14-11(8)12/h3-5,13H,2,6,12H2,1H3. The third-order valence-electron chi connectivity index (χ3n) is 2.46. The predicted molar refractivity (Wildman–Crippen MR) is 61.5 cm³/mol. The Labute approximate surface area is 87.0 Å². The lowest BCUT2D eigenvalue weighted by Crippen LogP contribution is -1.90. The van der Waals surface area contributed by atoms with Crippen LogP contribution in [0.2, 0.25) is 0 Å². The first-order valence-corrected chi connectivity index (χ1v) is 5.49. The fourth-order valence-electron chi connectivity index (χ4n) is 1.79. The number of aryl methyl sites for hydroxylation is 1. The van der Waals surface area contributed by atoms with E-state index in [1.807, 2.05) is 12.1 Å². The molecule has 0 saturated carbocycles. The zero-order valence-electron chi connectivity index (χ0n) is 8.08. The number of nitrogens with two attached hydrogens (primary N) is 1. The molecule has 3 N–H and O–H groups in total. The van der Waals surface area contributed by atoms with E-state index in [1.54, 1.807) is 11.3 Å². The maximum absolute atomic E-state index is 9.23. The van der Waals surface area contributed by atoms with Gasteiger partial charge in [-0.05, 0) is 23.6 Å². The fraction of sp³-hybridized carbons (Fsp3) is 0.273. The van der Waals surface area contributed by atoms with Gasteiger partial charge in [-0.3, -0.25) is 0 Å². The first-order chi connectivity index (χ1) is 6.77. The Morgan fingerprint density at radius 2 is 2.21 bits per heavy atom. The van der Waals surface area contributed by atoms with E-state index in [4.69, 9.17) is 5.73 Å². The van der Waals surface area contributed by atoms with E-state index in [0.717, 1.165) is 22.4 Å². The topological polar surface area (TPSA) is 46.2 Å². The van der Waals surface area contributed by atoms with Gasteiger partial charge in [0.05, 0.1) is 11.6 Å². The van der Waals surface area contributed by atoms with E-state index in [1.165, 1.54) is 10.3 Å². The molecule has 0 aliphatic carbocycles. The quantitative estimate of drug-likeness (QED) is 0.795. The molecule has 2 rings (SSSR count). The van der Waals surface area contributed by atoms with Crippen molar-refractivity contribution in [1.29, 1.82) is 0 Å². The van der Waals surface area contributed by atoms with Gasteiger partial charge in [-0.2, -0.15) is 0 Å². The molecule has 0 radical (unpaired) electrons. The molecule has 74 valence electrons. The highest BCUT2D eigenvalue weighted by molar-refractivity contribution is 7.22. The minimum Gasteiger partial charge on any atom is -0.392 e. The van der Waals surface area contributed by atoms with Crippen LogP contribution in [0.5, 0.6) is 0 Å². The minimum absolute atomic E-state index is 0.0838. The van der Waals surface area contributed by atoms with Crippen LogP contribution in [0.15, 0.2) is 18.2 Å². The Hall–Kier alpha value is -1.06.